The van der Waals surface area contributed by atoms with E-state index in [9.17, 15) is 4.79 Å². The lowest BCUT2D eigenvalue weighted by atomic mass is 10.2. The Morgan fingerprint density at radius 3 is 2.90 bits per heavy atom. The van der Waals surface area contributed by atoms with Gasteiger partial charge in [-0.05, 0) is 25.1 Å². The highest BCUT2D eigenvalue weighted by atomic mass is 35.5. The molecule has 102 valence electrons. The fraction of sp³-hybridized carbons (Fsp3) is 0.133. The van der Waals surface area contributed by atoms with Crippen LogP contribution in [0.2, 0.25) is 5.02 Å². The molecule has 0 amide bonds. The number of benzene rings is 1. The maximum absolute atomic E-state index is 10.9. The van der Waals surface area contributed by atoms with Gasteiger partial charge in [0.1, 0.15) is 5.76 Å². The number of fused-ring (bicyclic) bond motifs is 1. The van der Waals surface area contributed by atoms with E-state index in [1.807, 2.05) is 35.0 Å². The number of rotatable bonds is 3. The van der Waals surface area contributed by atoms with E-state index in [0.717, 1.165) is 16.5 Å². The zero-order valence-electron chi connectivity index (χ0n) is 10.8. The van der Waals surface area contributed by atoms with Crippen molar-refractivity contribution >= 4 is 28.5 Å². The van der Waals surface area contributed by atoms with E-state index < -0.39 is 5.97 Å². The van der Waals surface area contributed by atoms with Crippen molar-refractivity contribution in [2.24, 2.45) is 0 Å². The normalized spacial score (nSPS) is 11.1. The highest BCUT2D eigenvalue weighted by Gasteiger charge is 2.14. The molecule has 0 aliphatic heterocycles. The molecule has 0 saturated heterocycles. The summed E-state index contributed by atoms with van der Waals surface area (Å²) >= 11 is 6.23. The first-order valence-corrected chi connectivity index (χ1v) is 6.50. The monoisotopic (exact) mass is 289 g/mol. The Balaban J connectivity index is 2.03. The van der Waals surface area contributed by atoms with E-state index in [1.165, 1.54) is 0 Å². The molecule has 1 N–H and O–H groups in total. The van der Waals surface area contributed by atoms with Crippen LogP contribution in [0, 0.1) is 6.92 Å². The molecule has 3 rings (SSSR count). The van der Waals surface area contributed by atoms with Gasteiger partial charge in [0.05, 0.1) is 17.1 Å². The average Bonchev–Trinajstić information content (AvgIpc) is 2.96. The minimum atomic E-state index is -1.06. The molecule has 1 aromatic carbocycles. The molecule has 0 spiro atoms. The number of hydrogen-bond acceptors (Lipinski definition) is 2. The Bertz CT molecular complexity index is 801. The number of aryl methyl sites for hydroxylation is 1. The molecule has 4 nitrogen and oxygen atoms in total. The van der Waals surface area contributed by atoms with Gasteiger partial charge < -0.3 is 14.1 Å². The zero-order valence-corrected chi connectivity index (χ0v) is 11.5. The third-order valence-corrected chi connectivity index (χ3v) is 3.62. The third kappa shape index (κ3) is 2.08. The number of hydrogen-bond donors (Lipinski definition) is 1. The number of carboxylic acid groups (broad SMARTS) is 1. The number of carbonyl (C=O) groups is 1. The molecular weight excluding hydrogens is 278 g/mol. The summed E-state index contributed by atoms with van der Waals surface area (Å²) in [7, 11) is 0. The smallest absolute Gasteiger partial charge is 0.371 e. The summed E-state index contributed by atoms with van der Waals surface area (Å²) in [6, 6.07) is 9.27. The topological polar surface area (TPSA) is 55.4 Å². The van der Waals surface area contributed by atoms with Gasteiger partial charge in [-0.15, -0.1) is 0 Å². The van der Waals surface area contributed by atoms with Gasteiger partial charge in [0.15, 0.2) is 0 Å². The standard InChI is InChI=1S/C15H12ClNO3/c1-9-11(7-13(20-9)15(18)19)8-17-6-5-10-3-2-4-12(16)14(10)17/h2-7H,8H2,1H3,(H,18,19). The Kier molecular flexibility index (Phi) is 3.03. The lowest BCUT2D eigenvalue weighted by molar-refractivity contribution is 0.0661. The molecule has 2 aromatic heterocycles. The van der Waals surface area contributed by atoms with E-state index in [0.29, 0.717) is 17.3 Å². The van der Waals surface area contributed by atoms with Crippen LogP contribution in [0.15, 0.2) is 40.9 Å². The highest BCUT2D eigenvalue weighted by Crippen LogP contribution is 2.26. The van der Waals surface area contributed by atoms with Crippen LogP contribution in [-0.4, -0.2) is 15.6 Å². The summed E-state index contributed by atoms with van der Waals surface area (Å²) in [5.74, 6) is -0.494. The Morgan fingerprint density at radius 1 is 1.40 bits per heavy atom. The fourth-order valence-electron chi connectivity index (χ4n) is 2.31. The molecule has 0 atom stereocenters. The highest BCUT2D eigenvalue weighted by molar-refractivity contribution is 6.35. The van der Waals surface area contributed by atoms with Gasteiger partial charge in [-0.1, -0.05) is 23.7 Å². The summed E-state index contributed by atoms with van der Waals surface area (Å²) in [5.41, 5.74) is 1.77. The molecule has 2 heterocycles. The fourth-order valence-corrected chi connectivity index (χ4v) is 2.60. The van der Waals surface area contributed by atoms with Gasteiger partial charge in [-0.2, -0.15) is 0 Å². The van der Waals surface area contributed by atoms with E-state index in [2.05, 4.69) is 0 Å². The van der Waals surface area contributed by atoms with Gasteiger partial charge in [0.25, 0.3) is 0 Å². The molecule has 0 saturated carbocycles. The molecular formula is C15H12ClNO3. The van der Waals surface area contributed by atoms with Crippen molar-refractivity contribution in [3.63, 3.8) is 0 Å². The number of carboxylic acids is 1. The molecule has 0 unspecified atom stereocenters. The molecule has 5 heteroatoms. The Morgan fingerprint density at radius 2 is 2.20 bits per heavy atom. The van der Waals surface area contributed by atoms with Crippen molar-refractivity contribution in [3.05, 3.63) is 58.6 Å². The first-order valence-electron chi connectivity index (χ1n) is 6.12. The second-order valence-corrected chi connectivity index (χ2v) is 5.03. The van der Waals surface area contributed by atoms with E-state index in [4.69, 9.17) is 21.1 Å². The van der Waals surface area contributed by atoms with Gasteiger partial charge in [-0.25, -0.2) is 4.79 Å². The minimum absolute atomic E-state index is 0.0416. The van der Waals surface area contributed by atoms with Gasteiger partial charge >= 0.3 is 5.97 Å². The van der Waals surface area contributed by atoms with Crippen LogP contribution in [0.3, 0.4) is 0 Å². The van der Waals surface area contributed by atoms with Gasteiger partial charge in [0.2, 0.25) is 5.76 Å². The summed E-state index contributed by atoms with van der Waals surface area (Å²) in [6.07, 6.45) is 1.93. The van der Waals surface area contributed by atoms with Crippen molar-refractivity contribution in [1.29, 1.82) is 0 Å². The second-order valence-electron chi connectivity index (χ2n) is 4.62. The summed E-state index contributed by atoms with van der Waals surface area (Å²) in [4.78, 5) is 10.9. The first kappa shape index (κ1) is 12.8. The summed E-state index contributed by atoms with van der Waals surface area (Å²) < 4.78 is 7.21. The first-order chi connectivity index (χ1) is 9.56. The molecule has 3 aromatic rings. The number of halogens is 1. The van der Waals surface area contributed by atoms with Crippen LogP contribution in [0.1, 0.15) is 21.9 Å². The maximum Gasteiger partial charge on any atom is 0.371 e. The SMILES string of the molecule is Cc1oc(C(=O)O)cc1Cn1ccc2cccc(Cl)c21. The van der Waals surface area contributed by atoms with Crippen LogP contribution in [0.4, 0.5) is 0 Å². The molecule has 0 radical (unpaired) electrons. The molecule has 0 aliphatic rings. The van der Waals surface area contributed by atoms with Gasteiger partial charge in [0, 0.05) is 17.1 Å². The maximum atomic E-state index is 10.9. The van der Waals surface area contributed by atoms with Crippen molar-refractivity contribution in [2.45, 2.75) is 13.5 Å². The summed E-state index contributed by atoms with van der Waals surface area (Å²) in [6.45, 7) is 2.28. The predicted molar refractivity (Wildman–Crippen MR) is 76.5 cm³/mol. The molecule has 0 fully saturated rings. The number of aromatic carboxylic acids is 1. The van der Waals surface area contributed by atoms with Crippen molar-refractivity contribution < 1.29 is 14.3 Å². The molecule has 0 bridgehead atoms. The quantitative estimate of drug-likeness (QED) is 0.794. The van der Waals surface area contributed by atoms with Crippen LogP contribution in [0.25, 0.3) is 10.9 Å². The second kappa shape index (κ2) is 4.72. The van der Waals surface area contributed by atoms with Crippen LogP contribution >= 0.6 is 11.6 Å². The Hall–Kier alpha value is -2.20. The lowest BCUT2D eigenvalue weighted by Crippen LogP contribution is -1.98. The van der Waals surface area contributed by atoms with Crippen LogP contribution in [0.5, 0.6) is 0 Å². The Labute approximate surface area is 120 Å². The van der Waals surface area contributed by atoms with Crippen molar-refractivity contribution in [1.82, 2.24) is 4.57 Å². The molecule has 0 aliphatic carbocycles. The van der Waals surface area contributed by atoms with E-state index in [1.54, 1.807) is 13.0 Å². The lowest BCUT2D eigenvalue weighted by Gasteiger charge is -2.05. The minimum Gasteiger partial charge on any atom is -0.475 e. The number of aromatic nitrogens is 1. The number of nitrogens with zero attached hydrogens (tertiary/aromatic N) is 1. The third-order valence-electron chi connectivity index (χ3n) is 3.31. The van der Waals surface area contributed by atoms with E-state index >= 15 is 0 Å². The average molecular weight is 290 g/mol. The van der Waals surface area contributed by atoms with E-state index in [-0.39, 0.29) is 5.76 Å². The largest absolute Gasteiger partial charge is 0.475 e. The van der Waals surface area contributed by atoms with Crippen molar-refractivity contribution in [2.75, 3.05) is 0 Å². The summed E-state index contributed by atoms with van der Waals surface area (Å²) in [5, 5.41) is 10.7. The number of furan rings is 1. The number of para-hydroxylation sites is 1. The van der Waals surface area contributed by atoms with Gasteiger partial charge in [-0.3, -0.25) is 0 Å². The van der Waals surface area contributed by atoms with Crippen LogP contribution in [-0.2, 0) is 6.54 Å². The van der Waals surface area contributed by atoms with Crippen LogP contribution < -0.4 is 0 Å². The van der Waals surface area contributed by atoms with Crippen molar-refractivity contribution in [3.8, 4) is 0 Å². The zero-order chi connectivity index (χ0) is 14.3. The predicted octanol–water partition coefficient (Wildman–Crippen LogP) is 3.94. The molecule has 20 heavy (non-hydrogen) atoms.